The molecule has 0 aliphatic heterocycles. The van der Waals surface area contributed by atoms with Crippen molar-refractivity contribution in [2.24, 2.45) is 7.05 Å². The number of benzene rings is 1. The third-order valence-corrected chi connectivity index (χ3v) is 5.86. The highest BCUT2D eigenvalue weighted by Crippen LogP contribution is 2.30. The summed E-state index contributed by atoms with van der Waals surface area (Å²) in [4.78, 5) is 16.9. The van der Waals surface area contributed by atoms with Crippen molar-refractivity contribution in [3.63, 3.8) is 0 Å². The van der Waals surface area contributed by atoms with Crippen LogP contribution in [0, 0.1) is 13.8 Å². The van der Waals surface area contributed by atoms with Gasteiger partial charge in [-0.15, -0.1) is 11.3 Å². The second kappa shape index (κ2) is 5.66. The first-order valence-corrected chi connectivity index (χ1v) is 8.51. The standard InChI is InChI=1S/C16H16N2OS2/c1-10-8-12(11(2)18(10)3)14(19)9-20-16-17-13-6-4-5-7-15(13)21-16/h4-8H,9H2,1-3H3. The highest BCUT2D eigenvalue weighted by Gasteiger charge is 2.15. The number of Topliss-reactive ketones (excluding diaryl/α,β-unsaturated/α-hetero) is 1. The molecule has 0 saturated carbocycles. The maximum absolute atomic E-state index is 12.4. The second-order valence-electron chi connectivity index (χ2n) is 5.00. The number of aryl methyl sites for hydroxylation is 1. The van der Waals surface area contributed by atoms with Crippen molar-refractivity contribution in [3.05, 3.63) is 47.3 Å². The molecule has 0 fully saturated rings. The maximum atomic E-state index is 12.4. The number of fused-ring (bicyclic) bond motifs is 1. The van der Waals surface area contributed by atoms with Gasteiger partial charge in [-0.05, 0) is 32.0 Å². The van der Waals surface area contributed by atoms with E-state index >= 15 is 0 Å². The Bertz CT molecular complexity index is 784. The van der Waals surface area contributed by atoms with Crippen LogP contribution in [0.5, 0.6) is 0 Å². The highest BCUT2D eigenvalue weighted by molar-refractivity contribution is 8.01. The SMILES string of the molecule is Cc1cc(C(=O)CSc2nc3ccccc3s2)c(C)n1C. The predicted molar refractivity (Wildman–Crippen MR) is 89.6 cm³/mol. The van der Waals surface area contributed by atoms with E-state index in [1.165, 1.54) is 16.5 Å². The number of carbonyl (C=O) groups is 1. The van der Waals surface area contributed by atoms with E-state index in [2.05, 4.69) is 15.6 Å². The van der Waals surface area contributed by atoms with E-state index in [9.17, 15) is 4.79 Å². The minimum Gasteiger partial charge on any atom is -0.351 e. The van der Waals surface area contributed by atoms with Gasteiger partial charge in [0, 0.05) is 24.0 Å². The summed E-state index contributed by atoms with van der Waals surface area (Å²) >= 11 is 3.16. The van der Waals surface area contributed by atoms with E-state index < -0.39 is 0 Å². The normalized spacial score (nSPS) is 11.2. The van der Waals surface area contributed by atoms with Crippen LogP contribution in [0.3, 0.4) is 0 Å². The lowest BCUT2D eigenvalue weighted by Crippen LogP contribution is -2.04. The van der Waals surface area contributed by atoms with Gasteiger partial charge in [-0.3, -0.25) is 4.79 Å². The predicted octanol–water partition coefficient (Wildman–Crippen LogP) is 4.23. The summed E-state index contributed by atoms with van der Waals surface area (Å²) in [7, 11) is 1.99. The lowest BCUT2D eigenvalue weighted by molar-refractivity contribution is 0.102. The Kier molecular flexibility index (Phi) is 3.87. The summed E-state index contributed by atoms with van der Waals surface area (Å²) in [5.41, 5.74) is 3.97. The molecule has 0 saturated heterocycles. The zero-order chi connectivity index (χ0) is 15.0. The molecular weight excluding hydrogens is 300 g/mol. The van der Waals surface area contributed by atoms with E-state index in [-0.39, 0.29) is 5.78 Å². The van der Waals surface area contributed by atoms with Crippen LogP contribution in [0.25, 0.3) is 10.2 Å². The Balaban J connectivity index is 1.74. The largest absolute Gasteiger partial charge is 0.351 e. The van der Waals surface area contributed by atoms with Crippen LogP contribution in [-0.4, -0.2) is 21.1 Å². The fourth-order valence-electron chi connectivity index (χ4n) is 2.26. The number of thioether (sulfide) groups is 1. The van der Waals surface area contributed by atoms with Crippen LogP contribution in [0.4, 0.5) is 0 Å². The molecule has 0 radical (unpaired) electrons. The van der Waals surface area contributed by atoms with Gasteiger partial charge in [-0.1, -0.05) is 23.9 Å². The topological polar surface area (TPSA) is 34.9 Å². The first-order chi connectivity index (χ1) is 10.1. The smallest absolute Gasteiger partial charge is 0.174 e. The lowest BCUT2D eigenvalue weighted by atomic mass is 10.2. The molecule has 5 heteroatoms. The molecule has 0 aliphatic carbocycles. The molecule has 108 valence electrons. The minimum absolute atomic E-state index is 0.167. The second-order valence-corrected chi connectivity index (χ2v) is 7.26. The Hall–Kier alpha value is -1.59. The first kappa shape index (κ1) is 14.4. The van der Waals surface area contributed by atoms with E-state index in [1.54, 1.807) is 11.3 Å². The Labute approximate surface area is 132 Å². The Morgan fingerprint density at radius 1 is 1.33 bits per heavy atom. The number of aromatic nitrogens is 2. The van der Waals surface area contributed by atoms with Crippen molar-refractivity contribution in [2.75, 3.05) is 5.75 Å². The number of thiazole rings is 1. The van der Waals surface area contributed by atoms with Crippen LogP contribution in [0.15, 0.2) is 34.7 Å². The fourth-order valence-corrected chi connectivity index (χ4v) is 4.21. The van der Waals surface area contributed by atoms with Crippen LogP contribution in [-0.2, 0) is 7.05 Å². The molecule has 1 aromatic carbocycles. The molecule has 3 rings (SSSR count). The zero-order valence-corrected chi connectivity index (χ0v) is 13.8. The number of carbonyl (C=O) groups excluding carboxylic acids is 1. The van der Waals surface area contributed by atoms with E-state index in [1.807, 2.05) is 45.2 Å². The monoisotopic (exact) mass is 316 g/mol. The van der Waals surface area contributed by atoms with Crippen molar-refractivity contribution >= 4 is 39.1 Å². The number of ketones is 1. The maximum Gasteiger partial charge on any atom is 0.174 e. The van der Waals surface area contributed by atoms with Crippen LogP contribution < -0.4 is 0 Å². The van der Waals surface area contributed by atoms with Gasteiger partial charge in [0.05, 0.1) is 16.0 Å². The molecule has 0 amide bonds. The molecular formula is C16H16N2OS2. The third kappa shape index (κ3) is 2.76. The number of hydrogen-bond acceptors (Lipinski definition) is 4. The van der Waals surface area contributed by atoms with Gasteiger partial charge < -0.3 is 4.57 Å². The average Bonchev–Trinajstić information content (AvgIpc) is 3.01. The van der Waals surface area contributed by atoms with Crippen molar-refractivity contribution in [1.29, 1.82) is 0 Å². The number of hydrogen-bond donors (Lipinski definition) is 0. The number of nitrogens with zero attached hydrogens (tertiary/aromatic N) is 2. The summed E-state index contributed by atoms with van der Waals surface area (Å²) in [5, 5.41) is 0. The summed E-state index contributed by atoms with van der Waals surface area (Å²) in [6.45, 7) is 4.01. The van der Waals surface area contributed by atoms with E-state index in [4.69, 9.17) is 0 Å². The summed E-state index contributed by atoms with van der Waals surface area (Å²) in [5.74, 6) is 0.602. The summed E-state index contributed by atoms with van der Waals surface area (Å²) in [6.07, 6.45) is 0. The van der Waals surface area contributed by atoms with Gasteiger partial charge in [0.1, 0.15) is 0 Å². The third-order valence-electron chi connectivity index (χ3n) is 3.68. The quantitative estimate of drug-likeness (QED) is 0.534. The molecule has 0 unspecified atom stereocenters. The average molecular weight is 316 g/mol. The van der Waals surface area contributed by atoms with Crippen molar-refractivity contribution in [2.45, 2.75) is 18.2 Å². The summed E-state index contributed by atoms with van der Waals surface area (Å²) in [6, 6.07) is 10.0. The molecule has 0 N–H and O–H groups in total. The number of para-hydroxylation sites is 1. The van der Waals surface area contributed by atoms with E-state index in [0.29, 0.717) is 5.75 Å². The van der Waals surface area contributed by atoms with Crippen LogP contribution in [0.2, 0.25) is 0 Å². The Morgan fingerprint density at radius 2 is 2.10 bits per heavy atom. The van der Waals surface area contributed by atoms with Gasteiger partial charge in [0.15, 0.2) is 10.1 Å². The molecule has 3 nitrogen and oxygen atoms in total. The molecule has 2 heterocycles. The zero-order valence-electron chi connectivity index (χ0n) is 12.2. The van der Waals surface area contributed by atoms with Gasteiger partial charge in [-0.2, -0.15) is 0 Å². The van der Waals surface area contributed by atoms with Crippen molar-refractivity contribution in [3.8, 4) is 0 Å². The minimum atomic E-state index is 0.167. The summed E-state index contributed by atoms with van der Waals surface area (Å²) < 4.78 is 4.17. The molecule has 2 aromatic heterocycles. The van der Waals surface area contributed by atoms with Gasteiger partial charge in [-0.25, -0.2) is 4.98 Å². The molecule has 21 heavy (non-hydrogen) atoms. The molecule has 0 spiro atoms. The molecule has 0 aliphatic rings. The fraction of sp³-hybridized carbons (Fsp3) is 0.250. The molecule has 0 bridgehead atoms. The first-order valence-electron chi connectivity index (χ1n) is 6.71. The number of rotatable bonds is 4. The van der Waals surface area contributed by atoms with E-state index in [0.717, 1.165) is 26.8 Å². The molecule has 0 atom stereocenters. The van der Waals surface area contributed by atoms with Crippen molar-refractivity contribution < 1.29 is 4.79 Å². The lowest BCUT2D eigenvalue weighted by Gasteiger charge is -2.01. The highest BCUT2D eigenvalue weighted by atomic mass is 32.2. The van der Waals surface area contributed by atoms with Gasteiger partial charge >= 0.3 is 0 Å². The Morgan fingerprint density at radius 3 is 2.76 bits per heavy atom. The van der Waals surface area contributed by atoms with Gasteiger partial charge in [0.2, 0.25) is 0 Å². The van der Waals surface area contributed by atoms with Crippen LogP contribution in [0.1, 0.15) is 21.7 Å². The van der Waals surface area contributed by atoms with Gasteiger partial charge in [0.25, 0.3) is 0 Å². The van der Waals surface area contributed by atoms with Crippen molar-refractivity contribution in [1.82, 2.24) is 9.55 Å². The molecule has 3 aromatic rings. The van der Waals surface area contributed by atoms with Crippen LogP contribution >= 0.6 is 23.1 Å².